The van der Waals surface area contributed by atoms with Gasteiger partial charge in [0, 0.05) is 37.0 Å². The van der Waals surface area contributed by atoms with E-state index in [4.69, 9.17) is 5.11 Å². The van der Waals surface area contributed by atoms with Crippen LogP contribution in [0.1, 0.15) is 71.1 Å². The summed E-state index contributed by atoms with van der Waals surface area (Å²) in [5, 5.41) is 29.2. The highest BCUT2D eigenvalue weighted by Gasteiger charge is 2.39. The maximum Gasteiger partial charge on any atom is 0.303 e. The van der Waals surface area contributed by atoms with Crippen molar-refractivity contribution in [1.29, 1.82) is 0 Å². The summed E-state index contributed by atoms with van der Waals surface area (Å²) in [5.74, 6) is 5.79. The molecule has 0 unspecified atom stereocenters. The number of carboxylic acids is 1. The van der Waals surface area contributed by atoms with Crippen LogP contribution < -0.4 is 0 Å². The Morgan fingerprint density at radius 1 is 1.25 bits per heavy atom. The summed E-state index contributed by atoms with van der Waals surface area (Å²) < 4.78 is 0. The molecule has 2 fully saturated rings. The highest BCUT2D eigenvalue weighted by Crippen LogP contribution is 2.34. The van der Waals surface area contributed by atoms with Crippen LogP contribution in [0.2, 0.25) is 0 Å². The molecule has 2 aliphatic rings. The van der Waals surface area contributed by atoms with Crippen LogP contribution in [0.25, 0.3) is 0 Å². The Morgan fingerprint density at radius 2 is 1.96 bits per heavy atom. The third-order valence-corrected chi connectivity index (χ3v) is 5.81. The van der Waals surface area contributed by atoms with Crippen molar-refractivity contribution in [3.8, 4) is 11.8 Å². The summed E-state index contributed by atoms with van der Waals surface area (Å²) in [4.78, 5) is 22.8. The van der Waals surface area contributed by atoms with Crippen LogP contribution in [-0.2, 0) is 9.59 Å². The predicted molar refractivity (Wildman–Crippen MR) is 107 cm³/mol. The minimum atomic E-state index is -0.773. The Hall–Kier alpha value is -1.64. The molecule has 0 bridgehead atoms. The summed E-state index contributed by atoms with van der Waals surface area (Å²) in [7, 11) is 0. The highest BCUT2D eigenvalue weighted by molar-refractivity contribution is 5.84. The molecule has 2 aliphatic carbocycles. The fraction of sp³-hybridized carbons (Fsp3) is 0.739. The van der Waals surface area contributed by atoms with Gasteiger partial charge in [0.25, 0.3) is 0 Å². The summed E-state index contributed by atoms with van der Waals surface area (Å²) >= 11 is 0. The highest BCUT2D eigenvalue weighted by atomic mass is 16.4. The molecule has 2 saturated carbocycles. The maximum absolute atomic E-state index is 12.2. The number of carboxylic acid groups (broad SMARTS) is 1. The first-order valence-electron chi connectivity index (χ1n) is 10.7. The number of rotatable bonds is 11. The second kappa shape index (κ2) is 11.4. The lowest BCUT2D eigenvalue weighted by Crippen LogP contribution is -2.20. The SMILES string of the molecule is C[C@@H](CC#CC1CC1)[C@H](O)/C=C/[C@H]1[C@H](O)CC(=O)[C@@H]1CCCCCCC(=O)O. The zero-order valence-electron chi connectivity index (χ0n) is 16.8. The van der Waals surface area contributed by atoms with Crippen molar-refractivity contribution in [3.63, 3.8) is 0 Å². The molecule has 28 heavy (non-hydrogen) atoms. The molecule has 5 atom stereocenters. The fourth-order valence-corrected chi connectivity index (χ4v) is 3.73. The molecule has 0 heterocycles. The van der Waals surface area contributed by atoms with E-state index in [9.17, 15) is 19.8 Å². The number of carbonyl (C=O) groups excluding carboxylic acids is 1. The molecule has 0 aromatic carbocycles. The van der Waals surface area contributed by atoms with Gasteiger partial charge in [-0.3, -0.25) is 9.59 Å². The van der Waals surface area contributed by atoms with E-state index in [-0.39, 0.29) is 36.4 Å². The second-order valence-electron chi connectivity index (χ2n) is 8.42. The molecular weight excluding hydrogens is 356 g/mol. The van der Waals surface area contributed by atoms with E-state index in [0.717, 1.165) is 19.3 Å². The molecule has 0 saturated heterocycles. The first kappa shape index (κ1) is 22.6. The number of hydrogen-bond donors (Lipinski definition) is 3. The van der Waals surface area contributed by atoms with Crippen molar-refractivity contribution in [2.75, 3.05) is 0 Å². The number of aliphatic hydroxyl groups is 2. The van der Waals surface area contributed by atoms with Gasteiger partial charge in [0.2, 0.25) is 0 Å². The largest absolute Gasteiger partial charge is 0.481 e. The summed E-state index contributed by atoms with van der Waals surface area (Å²) in [6.45, 7) is 1.96. The Kier molecular flexibility index (Phi) is 9.21. The summed E-state index contributed by atoms with van der Waals surface area (Å²) in [6.07, 6.45) is 9.57. The van der Waals surface area contributed by atoms with E-state index in [2.05, 4.69) is 11.8 Å². The van der Waals surface area contributed by atoms with Crippen molar-refractivity contribution < 1.29 is 24.9 Å². The zero-order valence-corrected chi connectivity index (χ0v) is 16.8. The zero-order chi connectivity index (χ0) is 20.5. The monoisotopic (exact) mass is 390 g/mol. The first-order valence-corrected chi connectivity index (χ1v) is 10.7. The van der Waals surface area contributed by atoms with Crippen LogP contribution in [0, 0.1) is 35.5 Å². The van der Waals surface area contributed by atoms with E-state index in [0.29, 0.717) is 25.2 Å². The summed E-state index contributed by atoms with van der Waals surface area (Å²) in [5.41, 5.74) is 0. The van der Waals surface area contributed by atoms with Crippen LogP contribution in [0.5, 0.6) is 0 Å². The average molecular weight is 391 g/mol. The number of carbonyl (C=O) groups is 2. The average Bonchev–Trinajstić information content (AvgIpc) is 3.41. The standard InChI is InChI=1S/C23H34O5/c1-16(7-6-8-17-11-12-17)20(24)14-13-19-18(21(25)15-22(19)26)9-4-2-3-5-10-23(27)28/h13-14,16-20,22,24,26H,2-5,7,9-12,15H2,1H3,(H,27,28)/b14-13+/t16-,18+,19+,20+,22+/m0/s1. The lowest BCUT2D eigenvalue weighted by atomic mass is 9.88. The Labute approximate surface area is 168 Å². The van der Waals surface area contributed by atoms with Crippen molar-refractivity contribution in [1.82, 2.24) is 0 Å². The molecule has 0 aliphatic heterocycles. The van der Waals surface area contributed by atoms with Gasteiger partial charge in [-0.25, -0.2) is 0 Å². The molecule has 156 valence electrons. The minimum Gasteiger partial charge on any atom is -0.481 e. The number of unbranched alkanes of at least 4 members (excludes halogenated alkanes) is 3. The fourth-order valence-electron chi connectivity index (χ4n) is 3.73. The molecule has 0 radical (unpaired) electrons. The van der Waals surface area contributed by atoms with Gasteiger partial charge in [-0.05, 0) is 31.6 Å². The topological polar surface area (TPSA) is 94.8 Å². The van der Waals surface area contributed by atoms with E-state index >= 15 is 0 Å². The van der Waals surface area contributed by atoms with Crippen molar-refractivity contribution in [2.45, 2.75) is 83.3 Å². The third kappa shape index (κ3) is 7.77. The van der Waals surface area contributed by atoms with Gasteiger partial charge >= 0.3 is 5.97 Å². The van der Waals surface area contributed by atoms with E-state index in [1.165, 1.54) is 12.8 Å². The van der Waals surface area contributed by atoms with Gasteiger partial charge in [0.1, 0.15) is 5.78 Å². The molecule has 5 heteroatoms. The number of aliphatic carboxylic acids is 1. The van der Waals surface area contributed by atoms with Crippen molar-refractivity contribution in [2.24, 2.45) is 23.7 Å². The second-order valence-corrected chi connectivity index (χ2v) is 8.42. The third-order valence-electron chi connectivity index (χ3n) is 5.81. The summed E-state index contributed by atoms with van der Waals surface area (Å²) in [6, 6.07) is 0. The quantitative estimate of drug-likeness (QED) is 0.286. The number of Topliss-reactive ketones (excluding diaryl/α,β-unsaturated/α-hetero) is 1. The smallest absolute Gasteiger partial charge is 0.303 e. The van der Waals surface area contributed by atoms with Crippen molar-refractivity contribution in [3.05, 3.63) is 12.2 Å². The molecule has 3 N–H and O–H groups in total. The van der Waals surface area contributed by atoms with Gasteiger partial charge in [-0.2, -0.15) is 0 Å². The van der Waals surface area contributed by atoms with E-state index in [1.807, 2.05) is 13.0 Å². The normalized spacial score (nSPS) is 26.8. The Morgan fingerprint density at radius 3 is 2.64 bits per heavy atom. The first-order chi connectivity index (χ1) is 13.4. The van der Waals surface area contributed by atoms with Crippen LogP contribution in [0.3, 0.4) is 0 Å². The maximum atomic E-state index is 12.2. The van der Waals surface area contributed by atoms with Crippen LogP contribution >= 0.6 is 0 Å². The Bertz CT molecular complexity index is 610. The lowest BCUT2D eigenvalue weighted by Gasteiger charge is -2.19. The lowest BCUT2D eigenvalue weighted by molar-refractivity contribution is -0.137. The van der Waals surface area contributed by atoms with Gasteiger partial charge in [-0.1, -0.05) is 44.3 Å². The van der Waals surface area contributed by atoms with Gasteiger partial charge in [0.05, 0.1) is 12.2 Å². The molecule has 0 amide bonds. The molecule has 5 nitrogen and oxygen atoms in total. The predicted octanol–water partition coefficient (Wildman–Crippen LogP) is 3.33. The van der Waals surface area contributed by atoms with Crippen LogP contribution in [0.4, 0.5) is 0 Å². The molecule has 0 spiro atoms. The van der Waals surface area contributed by atoms with E-state index in [1.54, 1.807) is 6.08 Å². The van der Waals surface area contributed by atoms with Gasteiger partial charge < -0.3 is 15.3 Å². The van der Waals surface area contributed by atoms with E-state index < -0.39 is 18.2 Å². The van der Waals surface area contributed by atoms with Crippen LogP contribution in [0.15, 0.2) is 12.2 Å². The number of ketones is 1. The minimum absolute atomic E-state index is 0.0180. The number of hydrogen-bond acceptors (Lipinski definition) is 4. The molecular formula is C23H34O5. The van der Waals surface area contributed by atoms with Crippen LogP contribution in [-0.4, -0.2) is 39.3 Å². The number of aliphatic hydroxyl groups excluding tert-OH is 2. The van der Waals surface area contributed by atoms with Gasteiger partial charge in [-0.15, -0.1) is 5.92 Å². The molecule has 0 aromatic rings. The Balaban J connectivity index is 1.77. The van der Waals surface area contributed by atoms with Gasteiger partial charge in [0.15, 0.2) is 0 Å². The molecule has 2 rings (SSSR count). The molecule has 0 aromatic heterocycles. The van der Waals surface area contributed by atoms with Crippen molar-refractivity contribution >= 4 is 11.8 Å².